The molecule has 2 unspecified atom stereocenters. The fourth-order valence-corrected chi connectivity index (χ4v) is 7.39. The van der Waals surface area contributed by atoms with Crippen molar-refractivity contribution in [3.63, 3.8) is 0 Å². The molecule has 0 saturated carbocycles. The maximum absolute atomic E-state index is 13.5. The van der Waals surface area contributed by atoms with Crippen molar-refractivity contribution < 1.29 is 38.8 Å². The highest BCUT2D eigenvalue weighted by molar-refractivity contribution is 8.03. The number of nitro benzene ring substituents is 2. The number of carbonyl (C=O) groups is 3. The number of β-lactam (4-membered cyclic amide) rings is 1. The molecule has 2 amide bonds. The van der Waals surface area contributed by atoms with Crippen LogP contribution in [0.3, 0.4) is 0 Å². The minimum Gasteiger partial charge on any atom is -0.456 e. The number of benzene rings is 2. The standard InChI is InChI=1S/C29H29N5O11S/c1-15-24-23(16(2)35)27(36)32(24)25(28(37)44-13-17-3-7-19(8-4-17)33(40)41)26(15)46-21-11-22(30-39)31(12-21)29(38)45-14-18-5-9-20(10-6-18)34(42)43/h3-10,15-16,21-24,35H,11-14H2,1-2H3/t15-,16?,21+,22?,23-,24-/m1/s1. The van der Waals surface area contributed by atoms with E-state index in [-0.39, 0.29) is 49.2 Å². The Morgan fingerprint density at radius 2 is 1.57 bits per heavy atom. The number of nitroso groups, excluding NO2 is 1. The third-order valence-electron chi connectivity index (χ3n) is 8.21. The molecule has 6 atom stereocenters. The maximum Gasteiger partial charge on any atom is 0.411 e. The Balaban J connectivity index is 1.30. The fraction of sp³-hybridized carbons (Fsp3) is 0.414. The van der Waals surface area contributed by atoms with Crippen LogP contribution in [0.1, 0.15) is 31.4 Å². The largest absolute Gasteiger partial charge is 0.456 e. The number of hydrogen-bond donors (Lipinski definition) is 1. The van der Waals surface area contributed by atoms with Crippen LogP contribution in [0.25, 0.3) is 0 Å². The number of aliphatic hydroxyl groups excluding tert-OH is 1. The fourth-order valence-electron chi connectivity index (χ4n) is 5.88. The number of esters is 1. The van der Waals surface area contributed by atoms with E-state index in [0.29, 0.717) is 16.0 Å². The van der Waals surface area contributed by atoms with E-state index in [9.17, 15) is 44.6 Å². The number of thioether (sulfide) groups is 1. The molecule has 3 heterocycles. The Bertz CT molecular complexity index is 1600. The second-order valence-electron chi connectivity index (χ2n) is 11.2. The van der Waals surface area contributed by atoms with Crippen LogP contribution in [-0.2, 0) is 32.3 Å². The number of carbonyl (C=O) groups excluding carboxylic acids is 3. The first-order chi connectivity index (χ1) is 21.9. The minimum atomic E-state index is -1.06. The SMILES string of the molecule is CC(O)[C@H]1C(=O)N2C(C(=O)OCc3ccc([N+](=O)[O-])cc3)=C(S[C@H]3CC(N=O)N(C(=O)OCc4ccc([N+](=O)[O-])cc4)C3)[C@H](C)[C@H]12. The van der Waals surface area contributed by atoms with Crippen molar-refractivity contribution in [2.24, 2.45) is 17.0 Å². The first-order valence-electron chi connectivity index (χ1n) is 14.2. The summed E-state index contributed by atoms with van der Waals surface area (Å²) in [6, 6.07) is 10.4. The number of non-ortho nitro benzene ring substituents is 2. The van der Waals surface area contributed by atoms with E-state index in [2.05, 4.69) is 5.18 Å². The molecule has 1 N–H and O–H groups in total. The van der Waals surface area contributed by atoms with Crippen LogP contribution in [0.2, 0.25) is 0 Å². The molecule has 2 aromatic carbocycles. The molecule has 3 aliphatic heterocycles. The first kappa shape index (κ1) is 32.5. The number of hydrogen-bond acceptors (Lipinski definition) is 13. The minimum absolute atomic E-state index is 0.0149. The second kappa shape index (κ2) is 13.2. The summed E-state index contributed by atoms with van der Waals surface area (Å²) in [6.07, 6.45) is -2.69. The highest BCUT2D eigenvalue weighted by atomic mass is 32.2. The monoisotopic (exact) mass is 655 g/mol. The Morgan fingerprint density at radius 3 is 2.07 bits per heavy atom. The topological polar surface area (TPSA) is 212 Å². The lowest BCUT2D eigenvalue weighted by Gasteiger charge is -2.46. The van der Waals surface area contributed by atoms with E-state index in [1.807, 2.05) is 6.92 Å². The summed E-state index contributed by atoms with van der Waals surface area (Å²) in [5.74, 6) is -2.34. The number of aliphatic hydroxyl groups is 1. The normalized spacial score (nSPS) is 24.2. The molecule has 0 spiro atoms. The summed E-state index contributed by atoms with van der Waals surface area (Å²) in [6.45, 7) is 2.96. The maximum atomic E-state index is 13.5. The summed E-state index contributed by atoms with van der Waals surface area (Å²) in [4.78, 5) is 74.9. The van der Waals surface area contributed by atoms with Gasteiger partial charge < -0.3 is 19.5 Å². The van der Waals surface area contributed by atoms with Gasteiger partial charge in [-0.1, -0.05) is 6.92 Å². The number of nitrogens with zero attached hydrogens (tertiary/aromatic N) is 5. The molecule has 5 rings (SSSR count). The van der Waals surface area contributed by atoms with Gasteiger partial charge in [0.05, 0.1) is 27.9 Å². The highest BCUT2D eigenvalue weighted by Gasteiger charge is 2.60. The highest BCUT2D eigenvalue weighted by Crippen LogP contribution is 2.52. The van der Waals surface area contributed by atoms with Crippen LogP contribution < -0.4 is 0 Å². The smallest absolute Gasteiger partial charge is 0.411 e. The van der Waals surface area contributed by atoms with Gasteiger partial charge in [0, 0.05) is 53.3 Å². The number of fused-ring (bicyclic) bond motifs is 1. The van der Waals surface area contributed by atoms with Gasteiger partial charge in [-0.3, -0.25) is 29.9 Å². The molecule has 46 heavy (non-hydrogen) atoms. The average molecular weight is 656 g/mol. The van der Waals surface area contributed by atoms with E-state index in [4.69, 9.17) is 9.47 Å². The van der Waals surface area contributed by atoms with Crippen LogP contribution in [0.5, 0.6) is 0 Å². The summed E-state index contributed by atoms with van der Waals surface area (Å²) in [7, 11) is 0. The van der Waals surface area contributed by atoms with Crippen molar-refractivity contribution in [2.75, 3.05) is 6.54 Å². The molecule has 16 nitrogen and oxygen atoms in total. The summed E-state index contributed by atoms with van der Waals surface area (Å²) >= 11 is 1.22. The van der Waals surface area contributed by atoms with Crippen molar-refractivity contribution in [1.29, 1.82) is 0 Å². The van der Waals surface area contributed by atoms with Crippen molar-refractivity contribution in [3.05, 3.63) is 95.4 Å². The molecular weight excluding hydrogens is 626 g/mol. The molecule has 2 saturated heterocycles. The quantitative estimate of drug-likeness (QED) is 0.120. The molecule has 2 fully saturated rings. The van der Waals surface area contributed by atoms with Gasteiger partial charge in [-0.15, -0.1) is 16.7 Å². The summed E-state index contributed by atoms with van der Waals surface area (Å²) in [5, 5.41) is 34.8. The molecule has 0 radical (unpaired) electrons. The van der Waals surface area contributed by atoms with Crippen molar-refractivity contribution in [3.8, 4) is 0 Å². The molecule has 242 valence electrons. The lowest BCUT2D eigenvalue weighted by Crippen LogP contribution is -2.63. The average Bonchev–Trinajstić information content (AvgIpc) is 3.55. The molecule has 3 aliphatic rings. The first-order valence-corrected chi connectivity index (χ1v) is 15.1. The van der Waals surface area contributed by atoms with Gasteiger partial charge in [-0.05, 0) is 47.5 Å². The number of amides is 2. The Labute approximate surface area is 265 Å². The predicted molar refractivity (Wildman–Crippen MR) is 160 cm³/mol. The molecule has 0 aliphatic carbocycles. The summed E-state index contributed by atoms with van der Waals surface area (Å²) < 4.78 is 10.9. The number of ether oxygens (including phenoxy) is 2. The Hall–Kier alpha value is -4.90. The van der Waals surface area contributed by atoms with Crippen LogP contribution in [-0.4, -0.2) is 72.8 Å². The molecular formula is C29H29N5O11S. The Kier molecular flexibility index (Phi) is 9.34. The second-order valence-corrected chi connectivity index (χ2v) is 12.5. The number of nitro groups is 2. The third-order valence-corrected chi connectivity index (χ3v) is 9.71. The Morgan fingerprint density at radius 1 is 1.02 bits per heavy atom. The van der Waals surface area contributed by atoms with E-state index in [1.165, 1.54) is 77.0 Å². The lowest BCUT2D eigenvalue weighted by molar-refractivity contribution is -0.385. The molecule has 2 aromatic rings. The van der Waals surface area contributed by atoms with Crippen molar-refractivity contribution in [2.45, 2.75) is 57.0 Å². The third kappa shape index (κ3) is 6.28. The zero-order valence-electron chi connectivity index (χ0n) is 24.6. The van der Waals surface area contributed by atoms with Crippen molar-refractivity contribution in [1.82, 2.24) is 9.80 Å². The van der Waals surface area contributed by atoms with Crippen molar-refractivity contribution >= 4 is 41.1 Å². The van der Waals surface area contributed by atoms with E-state index >= 15 is 0 Å². The van der Waals surface area contributed by atoms with Gasteiger partial charge in [0.1, 0.15) is 18.9 Å². The molecule has 0 bridgehead atoms. The lowest BCUT2D eigenvalue weighted by atomic mass is 9.79. The van der Waals surface area contributed by atoms with Crippen LogP contribution >= 0.6 is 11.8 Å². The summed E-state index contributed by atoms with van der Waals surface area (Å²) in [5.41, 5.74) is 0.774. The number of rotatable bonds is 11. The van der Waals surface area contributed by atoms with Crippen LogP contribution in [0.4, 0.5) is 16.2 Å². The zero-order chi connectivity index (χ0) is 33.3. The van der Waals surface area contributed by atoms with Gasteiger partial charge in [0.25, 0.3) is 11.4 Å². The van der Waals surface area contributed by atoms with Gasteiger partial charge in [0.2, 0.25) is 5.91 Å². The van der Waals surface area contributed by atoms with E-state index in [0.717, 1.165) is 0 Å². The van der Waals surface area contributed by atoms with Crippen LogP contribution in [0.15, 0.2) is 64.3 Å². The zero-order valence-corrected chi connectivity index (χ0v) is 25.4. The van der Waals surface area contributed by atoms with Gasteiger partial charge in [-0.25, -0.2) is 9.59 Å². The van der Waals surface area contributed by atoms with E-state index in [1.54, 1.807) is 0 Å². The van der Waals surface area contributed by atoms with E-state index < -0.39 is 57.3 Å². The molecule has 0 aromatic heterocycles. The van der Waals surface area contributed by atoms with Gasteiger partial charge in [0.15, 0.2) is 6.17 Å². The predicted octanol–water partition coefficient (Wildman–Crippen LogP) is 3.85. The molecule has 17 heteroatoms. The van der Waals surface area contributed by atoms with Gasteiger partial charge in [-0.2, -0.15) is 0 Å². The van der Waals surface area contributed by atoms with Gasteiger partial charge >= 0.3 is 12.1 Å². The van der Waals surface area contributed by atoms with Crippen LogP contribution in [0, 0.1) is 37.0 Å². The number of likely N-dealkylation sites (tertiary alicyclic amines) is 1.